The second-order valence-electron chi connectivity index (χ2n) is 6.35. The Morgan fingerprint density at radius 3 is 2.26 bits per heavy atom. The van der Waals surface area contributed by atoms with Crippen molar-refractivity contribution in [3.05, 3.63) is 71.8 Å². The number of rotatable bonds is 11. The molecule has 0 saturated heterocycles. The first-order valence-corrected chi connectivity index (χ1v) is 10.6. The van der Waals surface area contributed by atoms with Gasteiger partial charge in [-0.25, -0.2) is 4.79 Å². The average molecular weight is 445 g/mol. The third-order valence-corrected chi connectivity index (χ3v) is 5.12. The quantitative estimate of drug-likeness (QED) is 0.506. The van der Waals surface area contributed by atoms with E-state index in [9.17, 15) is 19.2 Å². The van der Waals surface area contributed by atoms with Crippen molar-refractivity contribution in [2.24, 2.45) is 0 Å². The molecule has 0 fully saturated rings. The maximum Gasteiger partial charge on any atom is 0.329 e. The lowest BCUT2D eigenvalue weighted by atomic mass is 10.2. The van der Waals surface area contributed by atoms with Crippen LogP contribution in [-0.4, -0.2) is 55.8 Å². The van der Waals surface area contributed by atoms with Crippen molar-refractivity contribution in [2.75, 3.05) is 26.0 Å². The number of amides is 2. The van der Waals surface area contributed by atoms with E-state index in [-0.39, 0.29) is 6.54 Å². The molecule has 0 saturated carbocycles. The van der Waals surface area contributed by atoms with Gasteiger partial charge in [-0.3, -0.25) is 14.4 Å². The molecule has 164 valence electrons. The van der Waals surface area contributed by atoms with E-state index in [1.54, 1.807) is 30.3 Å². The van der Waals surface area contributed by atoms with Crippen molar-refractivity contribution in [3.63, 3.8) is 0 Å². The molecule has 2 amide bonds. The smallest absolute Gasteiger partial charge is 0.329 e. The maximum atomic E-state index is 12.1. The van der Waals surface area contributed by atoms with Gasteiger partial charge in [0.2, 0.25) is 0 Å². The standard InChI is InChI=1S/C22H24N2O6S/c1-29-22(28)18(15-31-14-16-8-4-2-5-9-16)24-19(25)13-30-20(26)12-23-21(27)17-10-6-3-7-11-17/h2-11,18H,12-15H2,1H3,(H,23,27)(H,24,25)/t18-/m0/s1. The van der Waals surface area contributed by atoms with Crippen molar-refractivity contribution in [1.29, 1.82) is 0 Å². The Bertz CT molecular complexity index is 876. The lowest BCUT2D eigenvalue weighted by molar-refractivity contribution is -0.149. The van der Waals surface area contributed by atoms with Gasteiger partial charge in [0.05, 0.1) is 7.11 Å². The van der Waals surface area contributed by atoms with Crippen LogP contribution in [0, 0.1) is 0 Å². The molecule has 2 aromatic carbocycles. The van der Waals surface area contributed by atoms with Crippen LogP contribution >= 0.6 is 11.8 Å². The summed E-state index contributed by atoms with van der Waals surface area (Å²) in [6, 6.07) is 17.2. The first-order chi connectivity index (χ1) is 15.0. The maximum absolute atomic E-state index is 12.1. The molecule has 8 nitrogen and oxygen atoms in total. The lowest BCUT2D eigenvalue weighted by Crippen LogP contribution is -2.45. The molecule has 0 aliphatic carbocycles. The highest BCUT2D eigenvalue weighted by atomic mass is 32.2. The van der Waals surface area contributed by atoms with E-state index in [1.807, 2.05) is 30.3 Å². The monoisotopic (exact) mass is 444 g/mol. The van der Waals surface area contributed by atoms with Gasteiger partial charge in [0.15, 0.2) is 6.61 Å². The Hall–Kier alpha value is -3.33. The Kier molecular flexibility index (Phi) is 10.1. The lowest BCUT2D eigenvalue weighted by Gasteiger charge is -2.16. The molecule has 0 aliphatic rings. The normalized spacial score (nSPS) is 11.1. The Labute approximate surface area is 184 Å². The largest absolute Gasteiger partial charge is 0.467 e. The Morgan fingerprint density at radius 2 is 1.61 bits per heavy atom. The number of carbonyl (C=O) groups is 4. The third kappa shape index (κ3) is 8.91. The molecule has 0 radical (unpaired) electrons. The highest BCUT2D eigenvalue weighted by molar-refractivity contribution is 7.98. The van der Waals surface area contributed by atoms with Gasteiger partial charge in [-0.05, 0) is 17.7 Å². The van der Waals surface area contributed by atoms with E-state index in [2.05, 4.69) is 10.6 Å². The average Bonchev–Trinajstić information content (AvgIpc) is 2.81. The van der Waals surface area contributed by atoms with Gasteiger partial charge in [0.1, 0.15) is 12.6 Å². The van der Waals surface area contributed by atoms with E-state index >= 15 is 0 Å². The summed E-state index contributed by atoms with van der Waals surface area (Å²) in [5, 5.41) is 4.91. The first kappa shape index (κ1) is 23.9. The zero-order valence-electron chi connectivity index (χ0n) is 17.0. The Morgan fingerprint density at radius 1 is 0.968 bits per heavy atom. The number of thioether (sulfide) groups is 1. The molecule has 2 N–H and O–H groups in total. The molecule has 0 bridgehead atoms. The molecule has 31 heavy (non-hydrogen) atoms. The zero-order chi connectivity index (χ0) is 22.5. The number of benzene rings is 2. The van der Waals surface area contributed by atoms with Gasteiger partial charge in [-0.15, -0.1) is 0 Å². The van der Waals surface area contributed by atoms with Crippen LogP contribution in [0.3, 0.4) is 0 Å². The summed E-state index contributed by atoms with van der Waals surface area (Å²) in [5.41, 5.74) is 1.50. The van der Waals surface area contributed by atoms with E-state index in [1.165, 1.54) is 18.9 Å². The van der Waals surface area contributed by atoms with Crippen LogP contribution in [0.5, 0.6) is 0 Å². The van der Waals surface area contributed by atoms with Gasteiger partial charge in [0.25, 0.3) is 11.8 Å². The van der Waals surface area contributed by atoms with E-state index in [0.717, 1.165) is 5.56 Å². The number of ether oxygens (including phenoxy) is 2. The topological polar surface area (TPSA) is 111 Å². The van der Waals surface area contributed by atoms with Crippen LogP contribution in [0.25, 0.3) is 0 Å². The second-order valence-corrected chi connectivity index (χ2v) is 7.38. The zero-order valence-corrected chi connectivity index (χ0v) is 17.9. The van der Waals surface area contributed by atoms with Crippen LogP contribution in [0.1, 0.15) is 15.9 Å². The van der Waals surface area contributed by atoms with E-state index < -0.39 is 36.4 Å². The summed E-state index contributed by atoms with van der Waals surface area (Å²) >= 11 is 1.46. The third-order valence-electron chi connectivity index (χ3n) is 4.01. The molecule has 9 heteroatoms. The van der Waals surface area contributed by atoms with Crippen molar-refractivity contribution < 1.29 is 28.7 Å². The van der Waals surface area contributed by atoms with Gasteiger partial charge in [-0.2, -0.15) is 11.8 Å². The van der Waals surface area contributed by atoms with Crippen LogP contribution in [-0.2, 0) is 29.6 Å². The predicted molar refractivity (Wildman–Crippen MR) is 116 cm³/mol. The van der Waals surface area contributed by atoms with Gasteiger partial charge >= 0.3 is 11.9 Å². The van der Waals surface area contributed by atoms with Crippen molar-refractivity contribution in [3.8, 4) is 0 Å². The fourth-order valence-electron chi connectivity index (χ4n) is 2.46. The fourth-order valence-corrected chi connectivity index (χ4v) is 3.46. The van der Waals surface area contributed by atoms with E-state index in [0.29, 0.717) is 17.1 Å². The van der Waals surface area contributed by atoms with Crippen molar-refractivity contribution >= 4 is 35.5 Å². The number of esters is 2. The minimum absolute atomic E-state index is 0.300. The summed E-state index contributed by atoms with van der Waals surface area (Å²) < 4.78 is 9.58. The van der Waals surface area contributed by atoms with Crippen LogP contribution in [0.4, 0.5) is 0 Å². The SMILES string of the molecule is COC(=O)[C@H](CSCc1ccccc1)NC(=O)COC(=O)CNC(=O)c1ccccc1. The minimum Gasteiger partial charge on any atom is -0.467 e. The Balaban J connectivity index is 1.72. The van der Waals surface area contributed by atoms with Gasteiger partial charge in [0, 0.05) is 17.1 Å². The number of methoxy groups -OCH3 is 1. The molecule has 0 aliphatic heterocycles. The molecule has 2 rings (SSSR count). The molecule has 2 aromatic rings. The first-order valence-electron chi connectivity index (χ1n) is 9.47. The summed E-state index contributed by atoms with van der Waals surface area (Å²) in [6.07, 6.45) is 0. The summed E-state index contributed by atoms with van der Waals surface area (Å²) in [6.45, 7) is -0.953. The highest BCUT2D eigenvalue weighted by Crippen LogP contribution is 2.13. The predicted octanol–water partition coefficient (Wildman–Crippen LogP) is 1.55. The molecule has 0 aromatic heterocycles. The molecule has 1 atom stereocenters. The number of carbonyl (C=O) groups excluding carboxylic acids is 4. The molecule has 0 spiro atoms. The van der Waals surface area contributed by atoms with Crippen LogP contribution in [0.15, 0.2) is 60.7 Å². The van der Waals surface area contributed by atoms with Gasteiger partial charge in [-0.1, -0.05) is 48.5 Å². The summed E-state index contributed by atoms with van der Waals surface area (Å²) in [5.74, 6) is -1.46. The van der Waals surface area contributed by atoms with Crippen LogP contribution in [0.2, 0.25) is 0 Å². The molecular formula is C22H24N2O6S. The molecular weight excluding hydrogens is 420 g/mol. The van der Waals surface area contributed by atoms with Crippen molar-refractivity contribution in [2.45, 2.75) is 11.8 Å². The van der Waals surface area contributed by atoms with Gasteiger partial charge < -0.3 is 20.1 Å². The molecule has 0 unspecified atom stereocenters. The van der Waals surface area contributed by atoms with E-state index in [4.69, 9.17) is 9.47 Å². The number of hydrogen-bond acceptors (Lipinski definition) is 7. The van der Waals surface area contributed by atoms with Crippen molar-refractivity contribution in [1.82, 2.24) is 10.6 Å². The minimum atomic E-state index is -0.873. The summed E-state index contributed by atoms with van der Waals surface area (Å²) in [7, 11) is 1.23. The number of hydrogen-bond donors (Lipinski definition) is 2. The number of nitrogens with one attached hydrogen (secondary N) is 2. The second kappa shape index (κ2) is 13.1. The van der Waals surface area contributed by atoms with Crippen LogP contribution < -0.4 is 10.6 Å². The molecule has 0 heterocycles. The fraction of sp³-hybridized carbons (Fsp3) is 0.273. The highest BCUT2D eigenvalue weighted by Gasteiger charge is 2.22. The summed E-state index contributed by atoms with van der Waals surface area (Å²) in [4.78, 5) is 47.7.